The van der Waals surface area contributed by atoms with E-state index in [2.05, 4.69) is 13.8 Å². The molecule has 0 bridgehead atoms. The highest BCUT2D eigenvalue weighted by Crippen LogP contribution is 2.14. The van der Waals surface area contributed by atoms with E-state index >= 15 is 0 Å². The zero-order chi connectivity index (χ0) is 31.3. The Balaban J connectivity index is 3.22. The molecule has 0 aromatic rings. The Morgan fingerprint density at radius 1 is 0.372 bits per heavy atom. The van der Waals surface area contributed by atoms with Gasteiger partial charge in [-0.2, -0.15) is 11.8 Å². The van der Waals surface area contributed by atoms with Gasteiger partial charge in [0.25, 0.3) is 0 Å². The molecule has 0 aliphatic carbocycles. The smallest absolute Gasteiger partial charge is 0.305 e. The summed E-state index contributed by atoms with van der Waals surface area (Å²) in [7, 11) is 0. The van der Waals surface area contributed by atoms with Crippen LogP contribution in [0.15, 0.2) is 0 Å². The number of unbranched alkanes of at least 4 members (excludes halogenated alkanes) is 24. The number of carbonyl (C=O) groups is 2. The quantitative estimate of drug-likeness (QED) is 0.0511. The predicted molar refractivity (Wildman–Crippen MR) is 189 cm³/mol. The third-order valence-corrected chi connectivity index (χ3v) is 9.52. The molecule has 0 saturated carbocycles. The molecule has 4 nitrogen and oxygen atoms in total. The summed E-state index contributed by atoms with van der Waals surface area (Å²) in [5, 5.41) is 0. The molecule has 0 rings (SSSR count). The molecule has 0 fully saturated rings. The van der Waals surface area contributed by atoms with Gasteiger partial charge in [0.2, 0.25) is 0 Å². The van der Waals surface area contributed by atoms with Crippen LogP contribution in [0, 0.1) is 0 Å². The fourth-order valence-electron chi connectivity index (χ4n) is 5.45. The predicted octanol–water partition coefficient (Wildman–Crippen LogP) is 12.5. The summed E-state index contributed by atoms with van der Waals surface area (Å²) in [5.74, 6) is 2.42. The Kier molecular flexibility index (Phi) is 36.9. The van der Waals surface area contributed by atoms with E-state index in [9.17, 15) is 9.59 Å². The molecule has 0 aliphatic heterocycles. The number of carbonyl (C=O) groups excluding carboxylic acids is 2. The van der Waals surface area contributed by atoms with Crippen molar-refractivity contribution < 1.29 is 19.1 Å². The second-order valence-corrected chi connectivity index (χ2v) is 14.0. The second-order valence-electron chi connectivity index (χ2n) is 12.7. The average molecular weight is 627 g/mol. The van der Waals surface area contributed by atoms with Crippen molar-refractivity contribution in [3.63, 3.8) is 0 Å². The lowest BCUT2D eigenvalue weighted by molar-refractivity contribution is -0.144. The van der Waals surface area contributed by atoms with E-state index in [1.54, 1.807) is 0 Å². The summed E-state index contributed by atoms with van der Waals surface area (Å²) >= 11 is 2.05. The normalized spacial score (nSPS) is 11.2. The summed E-state index contributed by atoms with van der Waals surface area (Å²) in [6.07, 6.45) is 36.3. The molecule has 0 radical (unpaired) electrons. The van der Waals surface area contributed by atoms with Gasteiger partial charge in [-0.25, -0.2) is 0 Å². The van der Waals surface area contributed by atoms with Crippen LogP contribution in [-0.4, -0.2) is 36.7 Å². The maximum Gasteiger partial charge on any atom is 0.305 e. The number of ether oxygens (including phenoxy) is 2. The van der Waals surface area contributed by atoms with Crippen molar-refractivity contribution in [1.29, 1.82) is 0 Å². The molecule has 0 heterocycles. The SMILES string of the molecule is CCCCCCCCCCCCOC(=O)CCCCCCSCCCCCCC(=O)OCCCCCCCCCCCC. The molecule has 0 spiro atoms. The van der Waals surface area contributed by atoms with Crippen LogP contribution >= 0.6 is 11.8 Å². The molecule has 43 heavy (non-hydrogen) atoms. The Morgan fingerprint density at radius 3 is 1.00 bits per heavy atom. The molecule has 0 atom stereocenters. The van der Waals surface area contributed by atoms with Gasteiger partial charge >= 0.3 is 11.9 Å². The fourth-order valence-corrected chi connectivity index (χ4v) is 6.47. The van der Waals surface area contributed by atoms with E-state index in [1.165, 1.54) is 153 Å². The van der Waals surface area contributed by atoms with Crippen LogP contribution in [-0.2, 0) is 19.1 Å². The van der Waals surface area contributed by atoms with Crippen LogP contribution < -0.4 is 0 Å². The van der Waals surface area contributed by atoms with E-state index in [1.807, 2.05) is 11.8 Å². The van der Waals surface area contributed by atoms with Crippen LogP contribution in [0.2, 0.25) is 0 Å². The summed E-state index contributed by atoms with van der Waals surface area (Å²) in [4.78, 5) is 23.8. The summed E-state index contributed by atoms with van der Waals surface area (Å²) in [6.45, 7) is 5.75. The molecule has 0 unspecified atom stereocenters. The standard InChI is InChI=1S/C38H74O4S/c1-3-5-7-9-11-13-15-17-21-27-33-41-37(39)31-25-19-23-29-35-43-36-30-24-20-26-32-38(40)42-34-28-22-18-16-14-12-10-8-6-4-2/h3-36H2,1-2H3. The Hall–Kier alpha value is -0.710. The van der Waals surface area contributed by atoms with Crippen LogP contribution in [0.3, 0.4) is 0 Å². The largest absolute Gasteiger partial charge is 0.466 e. The molecule has 0 amide bonds. The molecule has 0 aromatic heterocycles. The lowest BCUT2D eigenvalue weighted by Crippen LogP contribution is -2.05. The highest BCUT2D eigenvalue weighted by atomic mass is 32.2. The monoisotopic (exact) mass is 627 g/mol. The number of hydrogen-bond acceptors (Lipinski definition) is 5. The highest BCUT2D eigenvalue weighted by molar-refractivity contribution is 7.99. The van der Waals surface area contributed by atoms with Crippen LogP contribution in [0.5, 0.6) is 0 Å². The van der Waals surface area contributed by atoms with E-state index in [0.717, 1.165) is 38.5 Å². The maximum atomic E-state index is 11.9. The first-order valence-corrected chi connectivity index (χ1v) is 20.2. The van der Waals surface area contributed by atoms with Gasteiger partial charge in [-0.15, -0.1) is 0 Å². The molecule has 0 aromatic carbocycles. The van der Waals surface area contributed by atoms with Gasteiger partial charge in [-0.3, -0.25) is 9.59 Å². The van der Waals surface area contributed by atoms with Crippen LogP contribution in [0.25, 0.3) is 0 Å². The minimum absolute atomic E-state index is 0.00681. The zero-order valence-electron chi connectivity index (χ0n) is 29.1. The topological polar surface area (TPSA) is 52.6 Å². The Labute approximate surface area is 273 Å². The maximum absolute atomic E-state index is 11.9. The van der Waals surface area contributed by atoms with E-state index in [4.69, 9.17) is 9.47 Å². The number of esters is 2. The van der Waals surface area contributed by atoms with Crippen LogP contribution in [0.4, 0.5) is 0 Å². The van der Waals surface area contributed by atoms with Gasteiger partial charge in [0.05, 0.1) is 13.2 Å². The van der Waals surface area contributed by atoms with E-state index in [0.29, 0.717) is 26.1 Å². The van der Waals surface area contributed by atoms with Crippen molar-refractivity contribution in [2.75, 3.05) is 24.7 Å². The summed E-state index contributed by atoms with van der Waals surface area (Å²) in [5.41, 5.74) is 0. The van der Waals surface area contributed by atoms with Crippen molar-refractivity contribution in [3.8, 4) is 0 Å². The number of rotatable bonds is 36. The van der Waals surface area contributed by atoms with E-state index in [-0.39, 0.29) is 11.9 Å². The minimum atomic E-state index is -0.00681. The molecule has 0 saturated heterocycles. The van der Waals surface area contributed by atoms with E-state index < -0.39 is 0 Å². The van der Waals surface area contributed by atoms with Crippen molar-refractivity contribution in [1.82, 2.24) is 0 Å². The van der Waals surface area contributed by atoms with Crippen LogP contribution in [0.1, 0.15) is 206 Å². The van der Waals surface area contributed by atoms with Gasteiger partial charge in [0, 0.05) is 12.8 Å². The summed E-state index contributed by atoms with van der Waals surface area (Å²) < 4.78 is 10.8. The first kappa shape index (κ1) is 42.3. The van der Waals surface area contributed by atoms with Gasteiger partial charge in [0.1, 0.15) is 0 Å². The highest BCUT2D eigenvalue weighted by Gasteiger charge is 2.04. The van der Waals surface area contributed by atoms with Crippen molar-refractivity contribution in [3.05, 3.63) is 0 Å². The molecule has 5 heteroatoms. The lowest BCUT2D eigenvalue weighted by atomic mass is 10.1. The number of thioether (sulfide) groups is 1. The Morgan fingerprint density at radius 2 is 0.651 bits per heavy atom. The molecule has 0 aliphatic rings. The van der Waals surface area contributed by atoms with Gasteiger partial charge in [-0.05, 0) is 50.0 Å². The van der Waals surface area contributed by atoms with Crippen molar-refractivity contribution >= 4 is 23.7 Å². The summed E-state index contributed by atoms with van der Waals surface area (Å²) in [6, 6.07) is 0. The third kappa shape index (κ3) is 37.4. The molecule has 0 N–H and O–H groups in total. The zero-order valence-corrected chi connectivity index (χ0v) is 29.9. The van der Waals surface area contributed by atoms with Crippen molar-refractivity contribution in [2.24, 2.45) is 0 Å². The Bertz CT molecular complexity index is 520. The minimum Gasteiger partial charge on any atom is -0.466 e. The lowest BCUT2D eigenvalue weighted by Gasteiger charge is -2.06. The van der Waals surface area contributed by atoms with Gasteiger partial charge < -0.3 is 9.47 Å². The van der Waals surface area contributed by atoms with Gasteiger partial charge in [0.15, 0.2) is 0 Å². The van der Waals surface area contributed by atoms with Gasteiger partial charge in [-0.1, -0.05) is 155 Å². The molecular formula is C38H74O4S. The first-order chi connectivity index (χ1) is 21.2. The van der Waals surface area contributed by atoms with Crippen molar-refractivity contribution in [2.45, 2.75) is 206 Å². The second kappa shape index (κ2) is 37.5. The number of hydrogen-bond donors (Lipinski definition) is 0. The average Bonchev–Trinajstić information content (AvgIpc) is 3.01. The third-order valence-electron chi connectivity index (χ3n) is 8.36. The molecule has 256 valence electrons. The molecular weight excluding hydrogens is 552 g/mol. The fraction of sp³-hybridized carbons (Fsp3) is 0.947. The first-order valence-electron chi connectivity index (χ1n) is 19.1.